The number of nitrogens with one attached hydrogen (secondary N) is 2. The molecule has 0 radical (unpaired) electrons. The van der Waals surface area contributed by atoms with Crippen LogP contribution in [-0.4, -0.2) is 21.4 Å². The number of benzene rings is 1. The van der Waals surface area contributed by atoms with E-state index in [1.54, 1.807) is 36.7 Å². The number of rotatable bonds is 7. The second-order valence-electron chi connectivity index (χ2n) is 5.78. The van der Waals surface area contributed by atoms with Gasteiger partial charge in [0.2, 0.25) is 11.8 Å². The van der Waals surface area contributed by atoms with Gasteiger partial charge in [-0.05, 0) is 44.5 Å². The van der Waals surface area contributed by atoms with Crippen LogP contribution in [0.2, 0.25) is 0 Å². The van der Waals surface area contributed by atoms with E-state index < -0.39 is 0 Å². The first-order valence-corrected chi connectivity index (χ1v) is 8.21. The molecule has 0 spiro atoms. The summed E-state index contributed by atoms with van der Waals surface area (Å²) in [6.07, 6.45) is 5.86. The molecule has 0 aliphatic carbocycles. The molecule has 1 aromatic carbocycles. The van der Waals surface area contributed by atoms with Crippen LogP contribution in [0.1, 0.15) is 45.0 Å². The number of carbonyl (C=O) groups is 2. The first-order chi connectivity index (χ1) is 11.5. The molecule has 1 aromatic heterocycles. The van der Waals surface area contributed by atoms with Gasteiger partial charge in [0.05, 0.1) is 0 Å². The summed E-state index contributed by atoms with van der Waals surface area (Å²) in [7, 11) is 0. The maximum atomic E-state index is 12.3. The molecule has 0 fully saturated rings. The Bertz CT molecular complexity index is 691. The first-order valence-electron chi connectivity index (χ1n) is 8.21. The summed E-state index contributed by atoms with van der Waals surface area (Å²) >= 11 is 0. The number of unbranched alkanes of at least 4 members (excludes halogenated alkanes) is 1. The Morgan fingerprint density at radius 2 is 1.79 bits per heavy atom. The fourth-order valence-corrected chi connectivity index (χ4v) is 2.37. The Balaban J connectivity index is 1.92. The lowest BCUT2D eigenvalue weighted by atomic mass is 10.2. The highest BCUT2D eigenvalue weighted by Gasteiger charge is 2.16. The lowest BCUT2D eigenvalue weighted by molar-refractivity contribution is -0.119. The van der Waals surface area contributed by atoms with E-state index in [9.17, 15) is 9.59 Å². The Morgan fingerprint density at radius 1 is 1.17 bits per heavy atom. The molecule has 1 heterocycles. The zero-order chi connectivity index (χ0) is 17.5. The van der Waals surface area contributed by atoms with E-state index >= 15 is 0 Å². The van der Waals surface area contributed by atoms with Crippen LogP contribution in [0.25, 0.3) is 0 Å². The number of nitrogens with zero attached hydrogens (tertiary/aromatic N) is 2. The van der Waals surface area contributed by atoms with Gasteiger partial charge in [-0.15, -0.1) is 0 Å². The van der Waals surface area contributed by atoms with Crippen LogP contribution >= 0.6 is 0 Å². The van der Waals surface area contributed by atoms with Crippen molar-refractivity contribution in [1.29, 1.82) is 0 Å². The average molecular weight is 328 g/mol. The van der Waals surface area contributed by atoms with Gasteiger partial charge < -0.3 is 15.2 Å². The molecule has 6 nitrogen and oxygen atoms in total. The van der Waals surface area contributed by atoms with Crippen molar-refractivity contribution in [1.82, 2.24) is 9.55 Å². The smallest absolute Gasteiger partial charge is 0.247 e. The number of imidazole rings is 1. The maximum absolute atomic E-state index is 12.3. The Labute approximate surface area is 142 Å². The molecule has 0 saturated heterocycles. The van der Waals surface area contributed by atoms with Gasteiger partial charge in [0, 0.05) is 30.2 Å². The molecule has 24 heavy (non-hydrogen) atoms. The van der Waals surface area contributed by atoms with Crippen LogP contribution < -0.4 is 10.6 Å². The SMILES string of the molecule is CCCCC(=O)Nc1ccc(NC(=O)C(C)n2ccnc2C)cc1. The lowest BCUT2D eigenvalue weighted by Crippen LogP contribution is -2.24. The highest BCUT2D eigenvalue weighted by atomic mass is 16.2. The molecule has 0 bridgehead atoms. The molecule has 0 saturated carbocycles. The summed E-state index contributed by atoms with van der Waals surface area (Å²) in [5, 5.41) is 5.72. The molecule has 128 valence electrons. The fourth-order valence-electron chi connectivity index (χ4n) is 2.37. The summed E-state index contributed by atoms with van der Waals surface area (Å²) < 4.78 is 1.82. The van der Waals surface area contributed by atoms with Crippen molar-refractivity contribution in [2.24, 2.45) is 0 Å². The molecule has 2 N–H and O–H groups in total. The van der Waals surface area contributed by atoms with Gasteiger partial charge in [0.15, 0.2) is 0 Å². The van der Waals surface area contributed by atoms with Crippen LogP contribution in [0.5, 0.6) is 0 Å². The van der Waals surface area contributed by atoms with Crippen molar-refractivity contribution >= 4 is 23.2 Å². The third kappa shape index (κ3) is 4.68. The minimum atomic E-state index is -0.346. The molecule has 2 aromatic rings. The number of amides is 2. The average Bonchev–Trinajstić information content (AvgIpc) is 3.00. The van der Waals surface area contributed by atoms with Crippen molar-refractivity contribution in [3.63, 3.8) is 0 Å². The van der Waals surface area contributed by atoms with Gasteiger partial charge in [0.25, 0.3) is 0 Å². The molecule has 1 unspecified atom stereocenters. The van der Waals surface area contributed by atoms with Crippen LogP contribution in [0.15, 0.2) is 36.7 Å². The van der Waals surface area contributed by atoms with Crippen molar-refractivity contribution in [2.75, 3.05) is 10.6 Å². The molecule has 0 aliphatic heterocycles. The van der Waals surface area contributed by atoms with E-state index in [1.165, 1.54) is 0 Å². The maximum Gasteiger partial charge on any atom is 0.247 e. The highest BCUT2D eigenvalue weighted by Crippen LogP contribution is 2.17. The van der Waals surface area contributed by atoms with Gasteiger partial charge in [0.1, 0.15) is 11.9 Å². The van der Waals surface area contributed by atoms with Gasteiger partial charge in [-0.3, -0.25) is 9.59 Å². The number of hydrogen-bond donors (Lipinski definition) is 2. The van der Waals surface area contributed by atoms with Gasteiger partial charge >= 0.3 is 0 Å². The number of aryl methyl sites for hydroxylation is 1. The standard InChI is InChI=1S/C18H24N4O2/c1-4-5-6-17(23)20-15-7-9-16(10-8-15)21-18(24)13(2)22-12-11-19-14(22)3/h7-13H,4-6H2,1-3H3,(H,20,23)(H,21,24). The number of hydrogen-bond acceptors (Lipinski definition) is 3. The highest BCUT2D eigenvalue weighted by molar-refractivity contribution is 5.94. The summed E-state index contributed by atoms with van der Waals surface area (Å²) in [6.45, 7) is 5.74. The predicted octanol–water partition coefficient (Wildman–Crippen LogP) is 3.52. The van der Waals surface area contributed by atoms with Crippen LogP contribution in [-0.2, 0) is 9.59 Å². The molecular formula is C18H24N4O2. The van der Waals surface area contributed by atoms with E-state index in [2.05, 4.69) is 22.5 Å². The van der Waals surface area contributed by atoms with E-state index in [-0.39, 0.29) is 17.9 Å². The topological polar surface area (TPSA) is 76.0 Å². The van der Waals surface area contributed by atoms with Gasteiger partial charge in [-0.25, -0.2) is 4.98 Å². The third-order valence-corrected chi connectivity index (χ3v) is 3.85. The van der Waals surface area contributed by atoms with Crippen LogP contribution in [0, 0.1) is 6.92 Å². The lowest BCUT2D eigenvalue weighted by Gasteiger charge is -2.15. The first kappa shape index (κ1) is 17.7. The largest absolute Gasteiger partial charge is 0.326 e. The zero-order valence-corrected chi connectivity index (χ0v) is 14.4. The van der Waals surface area contributed by atoms with Crippen molar-refractivity contribution in [3.05, 3.63) is 42.5 Å². The predicted molar refractivity (Wildman–Crippen MR) is 94.9 cm³/mol. The fraction of sp³-hybridized carbons (Fsp3) is 0.389. The molecular weight excluding hydrogens is 304 g/mol. The van der Waals surface area contributed by atoms with E-state index in [4.69, 9.17) is 0 Å². The summed E-state index contributed by atoms with van der Waals surface area (Å²) in [4.78, 5) is 28.1. The molecule has 1 atom stereocenters. The van der Waals surface area contributed by atoms with E-state index in [1.807, 2.05) is 18.4 Å². The van der Waals surface area contributed by atoms with Crippen LogP contribution in [0.3, 0.4) is 0 Å². The van der Waals surface area contributed by atoms with Gasteiger partial charge in [-0.1, -0.05) is 13.3 Å². The Kier molecular flexibility index (Phi) is 6.12. The molecule has 6 heteroatoms. The van der Waals surface area contributed by atoms with Crippen molar-refractivity contribution < 1.29 is 9.59 Å². The molecule has 2 rings (SSSR count). The monoisotopic (exact) mass is 328 g/mol. The van der Waals surface area contributed by atoms with Crippen molar-refractivity contribution in [2.45, 2.75) is 46.1 Å². The summed E-state index contributed by atoms with van der Waals surface area (Å²) in [5.74, 6) is 0.691. The normalized spacial score (nSPS) is 11.8. The second kappa shape index (κ2) is 8.29. The third-order valence-electron chi connectivity index (χ3n) is 3.85. The second-order valence-corrected chi connectivity index (χ2v) is 5.78. The van der Waals surface area contributed by atoms with E-state index in [0.717, 1.165) is 24.4 Å². The van der Waals surface area contributed by atoms with Gasteiger partial charge in [-0.2, -0.15) is 0 Å². The minimum absolute atomic E-state index is 0.0119. The quantitative estimate of drug-likeness (QED) is 0.816. The number of anilines is 2. The summed E-state index contributed by atoms with van der Waals surface area (Å²) in [5.41, 5.74) is 1.42. The molecule has 2 amide bonds. The van der Waals surface area contributed by atoms with Crippen molar-refractivity contribution in [3.8, 4) is 0 Å². The Morgan fingerprint density at radius 3 is 2.33 bits per heavy atom. The zero-order valence-electron chi connectivity index (χ0n) is 14.4. The van der Waals surface area contributed by atoms with E-state index in [0.29, 0.717) is 12.1 Å². The number of aromatic nitrogens is 2. The minimum Gasteiger partial charge on any atom is -0.326 e. The number of carbonyl (C=O) groups excluding carboxylic acids is 2. The summed E-state index contributed by atoms with van der Waals surface area (Å²) in [6, 6.07) is 6.78. The Hall–Kier alpha value is -2.63. The van der Waals surface area contributed by atoms with Crippen LogP contribution in [0.4, 0.5) is 11.4 Å². The molecule has 0 aliphatic rings.